The Hall–Kier alpha value is -2.52. The number of rotatable bonds is 3. The van der Waals surface area contributed by atoms with Crippen LogP contribution in [0.2, 0.25) is 5.02 Å². The molecule has 0 aliphatic rings. The number of furan rings is 1. The lowest BCUT2D eigenvalue weighted by Crippen LogP contribution is -1.76. The second kappa shape index (κ2) is 5.85. The molecule has 0 spiro atoms. The lowest BCUT2D eigenvalue weighted by Gasteiger charge is -1.99. The van der Waals surface area contributed by atoms with Crippen molar-refractivity contribution in [3.63, 3.8) is 0 Å². The van der Waals surface area contributed by atoms with Crippen LogP contribution in [0.4, 0.5) is 5.69 Å². The van der Waals surface area contributed by atoms with Crippen molar-refractivity contribution in [3.05, 3.63) is 71.4 Å². The van der Waals surface area contributed by atoms with E-state index in [9.17, 15) is 5.11 Å². The molecular weight excluding hydrogens is 286 g/mol. The van der Waals surface area contributed by atoms with Crippen LogP contribution in [0.3, 0.4) is 0 Å². The highest BCUT2D eigenvalue weighted by Crippen LogP contribution is 2.29. The Morgan fingerprint density at radius 1 is 0.952 bits per heavy atom. The summed E-state index contributed by atoms with van der Waals surface area (Å²) in [5, 5.41) is 10.3. The standard InChI is InChI=1S/C17H12ClNO2/c18-14-6-2-1-5-13(14)17-10-9-12(21-17)11-19-15-7-3-4-8-16(15)20/h1-11,20H/b19-11+. The molecule has 2 aromatic carbocycles. The van der Waals surface area contributed by atoms with Crippen LogP contribution < -0.4 is 0 Å². The number of hydrogen-bond acceptors (Lipinski definition) is 3. The summed E-state index contributed by atoms with van der Waals surface area (Å²) in [6, 6.07) is 18.0. The smallest absolute Gasteiger partial charge is 0.145 e. The van der Waals surface area contributed by atoms with Gasteiger partial charge in [-0.25, -0.2) is 4.99 Å². The van der Waals surface area contributed by atoms with Gasteiger partial charge in [0.25, 0.3) is 0 Å². The van der Waals surface area contributed by atoms with E-state index < -0.39 is 0 Å². The summed E-state index contributed by atoms with van der Waals surface area (Å²) in [6.07, 6.45) is 1.56. The highest BCUT2D eigenvalue weighted by molar-refractivity contribution is 6.33. The zero-order valence-corrected chi connectivity index (χ0v) is 11.8. The molecule has 0 aliphatic heterocycles. The number of hydrogen-bond donors (Lipinski definition) is 1. The average Bonchev–Trinajstić information content (AvgIpc) is 2.96. The Labute approximate surface area is 127 Å². The number of halogens is 1. The number of phenols is 1. The lowest BCUT2D eigenvalue weighted by molar-refractivity contribution is 0.477. The fourth-order valence-electron chi connectivity index (χ4n) is 1.93. The first-order chi connectivity index (χ1) is 10.2. The quantitative estimate of drug-likeness (QED) is 0.687. The molecule has 3 rings (SSSR count). The molecule has 0 atom stereocenters. The third-order valence-electron chi connectivity index (χ3n) is 2.98. The van der Waals surface area contributed by atoms with Crippen LogP contribution in [0, 0.1) is 0 Å². The molecule has 4 heteroatoms. The van der Waals surface area contributed by atoms with Gasteiger partial charge in [0.15, 0.2) is 0 Å². The van der Waals surface area contributed by atoms with E-state index in [2.05, 4.69) is 4.99 Å². The van der Waals surface area contributed by atoms with Crippen molar-refractivity contribution in [2.45, 2.75) is 0 Å². The highest BCUT2D eigenvalue weighted by Gasteiger charge is 2.07. The van der Waals surface area contributed by atoms with Gasteiger partial charge in [0.1, 0.15) is 23.0 Å². The van der Waals surface area contributed by atoms with Crippen molar-refractivity contribution in [2.75, 3.05) is 0 Å². The van der Waals surface area contributed by atoms with E-state index in [4.69, 9.17) is 16.0 Å². The number of aliphatic imine (C=N–C) groups is 1. The second-order valence-electron chi connectivity index (χ2n) is 4.43. The summed E-state index contributed by atoms with van der Waals surface area (Å²) in [6.45, 7) is 0. The van der Waals surface area contributed by atoms with Gasteiger partial charge in [0.2, 0.25) is 0 Å². The van der Waals surface area contributed by atoms with E-state index in [0.717, 1.165) is 5.56 Å². The first-order valence-corrected chi connectivity index (χ1v) is 6.78. The minimum absolute atomic E-state index is 0.131. The summed E-state index contributed by atoms with van der Waals surface area (Å²) >= 11 is 6.14. The Morgan fingerprint density at radius 3 is 2.52 bits per heavy atom. The minimum Gasteiger partial charge on any atom is -0.506 e. The van der Waals surface area contributed by atoms with Crippen molar-refractivity contribution in [1.82, 2.24) is 0 Å². The maximum atomic E-state index is 9.65. The molecule has 104 valence electrons. The normalized spacial score (nSPS) is 11.1. The molecule has 1 aromatic heterocycles. The van der Waals surface area contributed by atoms with Crippen LogP contribution in [0.15, 0.2) is 70.1 Å². The molecule has 1 heterocycles. The van der Waals surface area contributed by atoms with E-state index >= 15 is 0 Å². The molecule has 0 fully saturated rings. The van der Waals surface area contributed by atoms with Gasteiger partial charge in [-0.15, -0.1) is 0 Å². The van der Waals surface area contributed by atoms with Gasteiger partial charge < -0.3 is 9.52 Å². The summed E-state index contributed by atoms with van der Waals surface area (Å²) < 4.78 is 5.70. The number of nitrogens with zero attached hydrogens (tertiary/aromatic N) is 1. The first-order valence-electron chi connectivity index (χ1n) is 6.41. The highest BCUT2D eigenvalue weighted by atomic mass is 35.5. The monoisotopic (exact) mass is 297 g/mol. The Morgan fingerprint density at radius 2 is 1.71 bits per heavy atom. The molecule has 0 bridgehead atoms. The van der Waals surface area contributed by atoms with E-state index in [-0.39, 0.29) is 5.75 Å². The number of phenolic OH excluding ortho intramolecular Hbond substituents is 1. The van der Waals surface area contributed by atoms with Crippen molar-refractivity contribution in [3.8, 4) is 17.1 Å². The molecular formula is C17H12ClNO2. The molecule has 3 nitrogen and oxygen atoms in total. The van der Waals surface area contributed by atoms with Crippen molar-refractivity contribution in [1.29, 1.82) is 0 Å². The van der Waals surface area contributed by atoms with Crippen molar-refractivity contribution >= 4 is 23.5 Å². The average molecular weight is 298 g/mol. The zero-order chi connectivity index (χ0) is 14.7. The topological polar surface area (TPSA) is 45.7 Å². The summed E-state index contributed by atoms with van der Waals surface area (Å²) in [5.41, 5.74) is 1.33. The molecule has 0 aliphatic carbocycles. The van der Waals surface area contributed by atoms with Crippen LogP contribution in [0.1, 0.15) is 5.76 Å². The van der Waals surface area contributed by atoms with Gasteiger partial charge in [-0.3, -0.25) is 0 Å². The van der Waals surface area contributed by atoms with E-state index in [1.807, 2.05) is 42.5 Å². The molecule has 21 heavy (non-hydrogen) atoms. The summed E-state index contributed by atoms with van der Waals surface area (Å²) in [5.74, 6) is 1.40. The van der Waals surface area contributed by atoms with Crippen molar-refractivity contribution < 1.29 is 9.52 Å². The maximum Gasteiger partial charge on any atom is 0.145 e. The predicted molar refractivity (Wildman–Crippen MR) is 84.5 cm³/mol. The second-order valence-corrected chi connectivity index (χ2v) is 4.84. The molecule has 0 unspecified atom stereocenters. The fourth-order valence-corrected chi connectivity index (χ4v) is 2.16. The molecule has 0 saturated carbocycles. The van der Waals surface area contributed by atoms with Crippen LogP contribution in [-0.2, 0) is 0 Å². The van der Waals surface area contributed by atoms with Gasteiger partial charge >= 0.3 is 0 Å². The minimum atomic E-state index is 0.131. The van der Waals surface area contributed by atoms with Crippen LogP contribution in [0.5, 0.6) is 5.75 Å². The number of benzene rings is 2. The summed E-state index contributed by atoms with van der Waals surface area (Å²) in [4.78, 5) is 4.20. The summed E-state index contributed by atoms with van der Waals surface area (Å²) in [7, 11) is 0. The third-order valence-corrected chi connectivity index (χ3v) is 3.31. The van der Waals surface area contributed by atoms with Gasteiger partial charge in [-0.1, -0.05) is 35.9 Å². The fraction of sp³-hybridized carbons (Fsp3) is 0. The molecule has 0 radical (unpaired) electrons. The van der Waals surface area contributed by atoms with Crippen molar-refractivity contribution in [2.24, 2.45) is 4.99 Å². The van der Waals surface area contributed by atoms with Gasteiger partial charge in [-0.2, -0.15) is 0 Å². The third kappa shape index (κ3) is 2.98. The van der Waals surface area contributed by atoms with E-state index in [0.29, 0.717) is 22.2 Å². The molecule has 0 amide bonds. The predicted octanol–water partition coefficient (Wildman–Crippen LogP) is 5.06. The van der Waals surface area contributed by atoms with Crippen LogP contribution >= 0.6 is 11.6 Å². The SMILES string of the molecule is Oc1ccccc1/N=C/c1ccc(-c2ccccc2Cl)o1. The molecule has 0 saturated heterocycles. The Bertz CT molecular complexity index is 793. The Balaban J connectivity index is 1.86. The lowest BCUT2D eigenvalue weighted by atomic mass is 10.2. The van der Waals surface area contributed by atoms with Crippen LogP contribution in [0.25, 0.3) is 11.3 Å². The number of aromatic hydroxyl groups is 1. The van der Waals surface area contributed by atoms with Gasteiger partial charge in [0, 0.05) is 5.56 Å². The maximum absolute atomic E-state index is 9.65. The molecule has 1 N–H and O–H groups in total. The van der Waals surface area contributed by atoms with Gasteiger partial charge in [0.05, 0.1) is 11.2 Å². The zero-order valence-electron chi connectivity index (χ0n) is 11.0. The van der Waals surface area contributed by atoms with E-state index in [1.165, 1.54) is 0 Å². The van der Waals surface area contributed by atoms with E-state index in [1.54, 1.807) is 24.4 Å². The number of para-hydroxylation sites is 2. The largest absolute Gasteiger partial charge is 0.506 e. The van der Waals surface area contributed by atoms with Gasteiger partial charge in [-0.05, 0) is 36.4 Å². The van der Waals surface area contributed by atoms with Crippen LogP contribution in [-0.4, -0.2) is 11.3 Å². The molecule has 3 aromatic rings. The first kappa shape index (κ1) is 13.5. The Kier molecular flexibility index (Phi) is 3.75.